The fourth-order valence-corrected chi connectivity index (χ4v) is 2.75. The van der Waals surface area contributed by atoms with Crippen LogP contribution in [-0.4, -0.2) is 61.5 Å². The SMILES string of the molecule is CCOc1cc([N+](=O)[O-])c(C(=O)OCC(=O)N(C)CC(=O)Nc2ccc(C)cc2)cc1OC. The lowest BCUT2D eigenvalue weighted by molar-refractivity contribution is -0.385. The van der Waals surface area contributed by atoms with Crippen LogP contribution in [0.3, 0.4) is 0 Å². The predicted molar refractivity (Wildman–Crippen MR) is 119 cm³/mol. The third-order valence-corrected chi connectivity index (χ3v) is 4.47. The van der Waals surface area contributed by atoms with Gasteiger partial charge in [-0.15, -0.1) is 0 Å². The van der Waals surface area contributed by atoms with Gasteiger partial charge in [0.2, 0.25) is 5.91 Å². The molecule has 2 aromatic rings. The quantitative estimate of drug-likeness (QED) is 0.325. The minimum atomic E-state index is -1.09. The maximum atomic E-state index is 12.5. The van der Waals surface area contributed by atoms with Crippen LogP contribution in [0.1, 0.15) is 22.8 Å². The second kappa shape index (κ2) is 11.5. The monoisotopic (exact) mass is 459 g/mol. The van der Waals surface area contributed by atoms with Crippen molar-refractivity contribution < 1.29 is 33.5 Å². The number of rotatable bonds is 10. The van der Waals surface area contributed by atoms with Crippen LogP contribution in [0.4, 0.5) is 11.4 Å². The van der Waals surface area contributed by atoms with Crippen molar-refractivity contribution in [3.8, 4) is 11.5 Å². The molecule has 33 heavy (non-hydrogen) atoms. The largest absolute Gasteiger partial charge is 0.493 e. The molecule has 11 nitrogen and oxygen atoms in total. The van der Waals surface area contributed by atoms with E-state index in [0.717, 1.165) is 22.6 Å². The third-order valence-electron chi connectivity index (χ3n) is 4.47. The lowest BCUT2D eigenvalue weighted by atomic mass is 10.1. The number of methoxy groups -OCH3 is 1. The molecule has 0 aliphatic rings. The van der Waals surface area contributed by atoms with E-state index in [4.69, 9.17) is 14.2 Å². The summed E-state index contributed by atoms with van der Waals surface area (Å²) >= 11 is 0. The van der Waals surface area contributed by atoms with Gasteiger partial charge in [0, 0.05) is 18.8 Å². The molecule has 0 heterocycles. The number of hydrogen-bond acceptors (Lipinski definition) is 8. The molecule has 0 saturated heterocycles. The molecule has 0 atom stereocenters. The summed E-state index contributed by atoms with van der Waals surface area (Å²) in [5.74, 6) is -1.99. The lowest BCUT2D eigenvalue weighted by Gasteiger charge is -2.17. The number of esters is 1. The van der Waals surface area contributed by atoms with Crippen molar-refractivity contribution in [2.45, 2.75) is 13.8 Å². The Morgan fingerprint density at radius 2 is 1.79 bits per heavy atom. The first-order chi connectivity index (χ1) is 15.7. The summed E-state index contributed by atoms with van der Waals surface area (Å²) in [4.78, 5) is 48.6. The number of ether oxygens (including phenoxy) is 3. The van der Waals surface area contributed by atoms with Crippen LogP contribution >= 0.6 is 0 Å². The van der Waals surface area contributed by atoms with E-state index in [-0.39, 0.29) is 24.7 Å². The molecule has 2 rings (SSSR count). The van der Waals surface area contributed by atoms with Crippen molar-refractivity contribution in [2.24, 2.45) is 0 Å². The topological polar surface area (TPSA) is 137 Å². The summed E-state index contributed by atoms with van der Waals surface area (Å²) in [5.41, 5.74) is 0.664. The predicted octanol–water partition coefficient (Wildman–Crippen LogP) is 2.56. The molecule has 0 bridgehead atoms. The zero-order chi connectivity index (χ0) is 24.5. The van der Waals surface area contributed by atoms with Crippen LogP contribution in [0.5, 0.6) is 11.5 Å². The van der Waals surface area contributed by atoms with Gasteiger partial charge in [-0.25, -0.2) is 4.79 Å². The normalized spacial score (nSPS) is 10.2. The summed E-state index contributed by atoms with van der Waals surface area (Å²) in [5, 5.41) is 14.1. The molecule has 176 valence electrons. The second-order valence-corrected chi connectivity index (χ2v) is 6.95. The molecular weight excluding hydrogens is 434 g/mol. The van der Waals surface area contributed by atoms with Gasteiger partial charge in [-0.1, -0.05) is 17.7 Å². The molecule has 0 saturated carbocycles. The molecule has 2 aromatic carbocycles. The van der Waals surface area contributed by atoms with Gasteiger partial charge in [0.1, 0.15) is 5.56 Å². The number of nitrogens with one attached hydrogen (secondary N) is 1. The van der Waals surface area contributed by atoms with Crippen LogP contribution in [0, 0.1) is 17.0 Å². The molecule has 1 N–H and O–H groups in total. The molecule has 0 spiro atoms. The van der Waals surface area contributed by atoms with E-state index in [9.17, 15) is 24.5 Å². The summed E-state index contributed by atoms with van der Waals surface area (Å²) in [7, 11) is 2.69. The van der Waals surface area contributed by atoms with Gasteiger partial charge < -0.3 is 24.4 Å². The third kappa shape index (κ3) is 6.92. The van der Waals surface area contributed by atoms with Gasteiger partial charge in [0.25, 0.3) is 11.6 Å². The second-order valence-electron chi connectivity index (χ2n) is 6.95. The van der Waals surface area contributed by atoms with Crippen LogP contribution in [-0.2, 0) is 14.3 Å². The van der Waals surface area contributed by atoms with Crippen LogP contribution in [0.15, 0.2) is 36.4 Å². The van der Waals surface area contributed by atoms with E-state index in [0.29, 0.717) is 5.69 Å². The Labute approximate surface area is 190 Å². The first-order valence-corrected chi connectivity index (χ1v) is 9.93. The Kier molecular flexibility index (Phi) is 8.72. The molecule has 2 amide bonds. The average Bonchev–Trinajstić information content (AvgIpc) is 2.78. The molecule has 0 radical (unpaired) electrons. The molecule has 0 fully saturated rings. The van der Waals surface area contributed by atoms with E-state index in [1.807, 2.05) is 19.1 Å². The van der Waals surface area contributed by atoms with Gasteiger partial charge in [0.15, 0.2) is 18.1 Å². The number of carbonyl (C=O) groups excluding carboxylic acids is 3. The average molecular weight is 459 g/mol. The Balaban J connectivity index is 2.01. The van der Waals surface area contributed by atoms with Gasteiger partial charge in [-0.3, -0.25) is 19.7 Å². The van der Waals surface area contributed by atoms with E-state index in [1.54, 1.807) is 19.1 Å². The number of nitro benzene ring substituents is 1. The smallest absolute Gasteiger partial charge is 0.345 e. The van der Waals surface area contributed by atoms with E-state index < -0.39 is 40.6 Å². The Hall–Kier alpha value is -4.15. The van der Waals surface area contributed by atoms with Crippen molar-refractivity contribution in [3.05, 3.63) is 57.6 Å². The molecule has 0 aliphatic carbocycles. The number of hydrogen-bond donors (Lipinski definition) is 1. The Morgan fingerprint density at radius 1 is 1.12 bits per heavy atom. The molecule has 0 aliphatic heterocycles. The van der Waals surface area contributed by atoms with E-state index in [2.05, 4.69) is 5.32 Å². The number of aryl methyl sites for hydroxylation is 1. The number of anilines is 1. The first kappa shape index (κ1) is 25.1. The number of nitrogens with zero attached hydrogens (tertiary/aromatic N) is 2. The number of amides is 2. The highest BCUT2D eigenvalue weighted by Gasteiger charge is 2.27. The minimum absolute atomic E-state index is 0.0960. The molecule has 11 heteroatoms. The highest BCUT2D eigenvalue weighted by atomic mass is 16.6. The summed E-state index contributed by atoms with van der Waals surface area (Å²) in [6.45, 7) is 2.85. The van der Waals surface area contributed by atoms with Crippen molar-refractivity contribution in [2.75, 3.05) is 39.2 Å². The fourth-order valence-electron chi connectivity index (χ4n) is 2.75. The first-order valence-electron chi connectivity index (χ1n) is 9.93. The summed E-state index contributed by atoms with van der Waals surface area (Å²) in [6.07, 6.45) is 0. The zero-order valence-electron chi connectivity index (χ0n) is 18.7. The van der Waals surface area contributed by atoms with Crippen LogP contribution < -0.4 is 14.8 Å². The minimum Gasteiger partial charge on any atom is -0.493 e. The van der Waals surface area contributed by atoms with Crippen LogP contribution in [0.2, 0.25) is 0 Å². The Bertz CT molecular complexity index is 1040. The zero-order valence-corrected chi connectivity index (χ0v) is 18.7. The number of benzene rings is 2. The maximum absolute atomic E-state index is 12.5. The fraction of sp³-hybridized carbons (Fsp3) is 0.318. The van der Waals surface area contributed by atoms with Crippen molar-refractivity contribution in [1.29, 1.82) is 0 Å². The molecular formula is C22H25N3O8. The summed E-state index contributed by atoms with van der Waals surface area (Å²) in [6, 6.07) is 9.30. The van der Waals surface area contributed by atoms with Gasteiger partial charge in [-0.2, -0.15) is 0 Å². The van der Waals surface area contributed by atoms with E-state index in [1.165, 1.54) is 14.2 Å². The van der Waals surface area contributed by atoms with Gasteiger partial charge in [0.05, 0.1) is 31.3 Å². The maximum Gasteiger partial charge on any atom is 0.345 e. The van der Waals surface area contributed by atoms with Crippen molar-refractivity contribution >= 4 is 29.2 Å². The lowest BCUT2D eigenvalue weighted by Crippen LogP contribution is -2.37. The van der Waals surface area contributed by atoms with Gasteiger partial charge in [-0.05, 0) is 26.0 Å². The Morgan fingerprint density at radius 3 is 2.36 bits per heavy atom. The highest BCUT2D eigenvalue weighted by molar-refractivity contribution is 5.97. The van der Waals surface area contributed by atoms with Gasteiger partial charge >= 0.3 is 5.97 Å². The number of nitro groups is 1. The highest BCUT2D eigenvalue weighted by Crippen LogP contribution is 2.35. The molecule has 0 aromatic heterocycles. The standard InChI is InChI=1S/C22H25N3O8/c1-5-32-19-11-17(25(29)30)16(10-18(19)31-4)22(28)33-13-21(27)24(3)12-20(26)23-15-8-6-14(2)7-9-15/h6-11H,5,12-13H2,1-4H3,(H,23,26). The molecule has 0 unspecified atom stereocenters. The number of likely N-dealkylation sites (N-methyl/N-ethyl adjacent to an activating group) is 1. The van der Waals surface area contributed by atoms with Crippen LogP contribution in [0.25, 0.3) is 0 Å². The van der Waals surface area contributed by atoms with Crippen molar-refractivity contribution in [1.82, 2.24) is 4.90 Å². The number of carbonyl (C=O) groups is 3. The summed E-state index contributed by atoms with van der Waals surface area (Å²) < 4.78 is 15.4. The van der Waals surface area contributed by atoms with E-state index >= 15 is 0 Å². The van der Waals surface area contributed by atoms with Crippen molar-refractivity contribution in [3.63, 3.8) is 0 Å².